The van der Waals surface area contributed by atoms with Crippen LogP contribution in [0.4, 0.5) is 0 Å². The second kappa shape index (κ2) is 6.20. The zero-order valence-corrected chi connectivity index (χ0v) is 14.9. The second-order valence-corrected chi connectivity index (χ2v) is 7.14. The Balaban J connectivity index is 1.60. The van der Waals surface area contributed by atoms with Crippen molar-refractivity contribution in [3.8, 4) is 0 Å². The van der Waals surface area contributed by atoms with E-state index in [4.69, 9.17) is 0 Å². The number of rotatable bonds is 3. The SMILES string of the molecule is O=C(Cn1c(=O)c2ccccc2n2cncc12)c1ccc2c(c1)CCCC2. The number of Topliss-reactive ketones (excluding diaryl/α,β-unsaturated/α-hetero) is 1. The molecule has 5 nitrogen and oxygen atoms in total. The number of benzene rings is 2. The van der Waals surface area contributed by atoms with Gasteiger partial charge in [0.2, 0.25) is 0 Å². The standard InChI is InChI=1S/C22H19N3O2/c26-20(17-10-9-15-5-1-2-6-16(15)11-17)13-24-21-12-23-14-25(21)19-8-4-3-7-18(19)22(24)27/h3-4,7-12,14H,1-2,5-6,13H2. The lowest BCUT2D eigenvalue weighted by Crippen LogP contribution is -2.26. The van der Waals surface area contributed by atoms with Crippen LogP contribution in [0.2, 0.25) is 0 Å². The summed E-state index contributed by atoms with van der Waals surface area (Å²) in [5.74, 6) is -0.0520. The molecular weight excluding hydrogens is 338 g/mol. The van der Waals surface area contributed by atoms with Gasteiger partial charge in [0, 0.05) is 5.56 Å². The molecule has 1 aliphatic carbocycles. The van der Waals surface area contributed by atoms with E-state index in [-0.39, 0.29) is 17.9 Å². The third-order valence-electron chi connectivity index (χ3n) is 5.51. The van der Waals surface area contributed by atoms with Crippen molar-refractivity contribution in [3.63, 3.8) is 0 Å². The normalized spacial score (nSPS) is 13.8. The van der Waals surface area contributed by atoms with E-state index in [0.29, 0.717) is 16.6 Å². The van der Waals surface area contributed by atoms with Crippen LogP contribution in [0.25, 0.3) is 16.6 Å². The van der Waals surface area contributed by atoms with Gasteiger partial charge in [-0.2, -0.15) is 0 Å². The van der Waals surface area contributed by atoms with Crippen molar-refractivity contribution in [2.24, 2.45) is 0 Å². The lowest BCUT2D eigenvalue weighted by Gasteiger charge is -2.16. The average molecular weight is 357 g/mol. The second-order valence-electron chi connectivity index (χ2n) is 7.14. The van der Waals surface area contributed by atoms with Crippen LogP contribution in [0.15, 0.2) is 59.8 Å². The van der Waals surface area contributed by atoms with Gasteiger partial charge in [0.25, 0.3) is 5.56 Å². The Morgan fingerprint density at radius 3 is 2.74 bits per heavy atom. The van der Waals surface area contributed by atoms with Gasteiger partial charge in [0.1, 0.15) is 12.0 Å². The van der Waals surface area contributed by atoms with Crippen LogP contribution in [-0.2, 0) is 19.4 Å². The third kappa shape index (κ3) is 2.58. The maximum absolute atomic E-state index is 13.0. The van der Waals surface area contributed by atoms with Crippen molar-refractivity contribution in [3.05, 3.63) is 82.0 Å². The van der Waals surface area contributed by atoms with Crippen molar-refractivity contribution in [2.75, 3.05) is 0 Å². The van der Waals surface area contributed by atoms with Gasteiger partial charge < -0.3 is 0 Å². The third-order valence-corrected chi connectivity index (χ3v) is 5.51. The molecule has 0 spiro atoms. The van der Waals surface area contributed by atoms with Crippen LogP contribution in [0.3, 0.4) is 0 Å². The maximum atomic E-state index is 13.0. The van der Waals surface area contributed by atoms with Crippen LogP contribution in [-0.4, -0.2) is 19.7 Å². The van der Waals surface area contributed by atoms with E-state index in [9.17, 15) is 9.59 Å². The molecule has 0 saturated heterocycles. The highest BCUT2D eigenvalue weighted by Gasteiger charge is 2.17. The fourth-order valence-electron chi connectivity index (χ4n) is 4.08. The molecule has 1 aliphatic rings. The first-order valence-corrected chi connectivity index (χ1v) is 9.31. The highest BCUT2D eigenvalue weighted by molar-refractivity contribution is 5.96. The first-order valence-electron chi connectivity index (χ1n) is 9.31. The smallest absolute Gasteiger partial charge is 0.262 e. The molecule has 0 bridgehead atoms. The topological polar surface area (TPSA) is 56.4 Å². The van der Waals surface area contributed by atoms with Gasteiger partial charge >= 0.3 is 0 Å². The van der Waals surface area contributed by atoms with Gasteiger partial charge in [-0.15, -0.1) is 0 Å². The fourth-order valence-corrected chi connectivity index (χ4v) is 4.08. The molecule has 0 fully saturated rings. The van der Waals surface area contributed by atoms with E-state index in [0.717, 1.165) is 18.4 Å². The molecule has 134 valence electrons. The zero-order chi connectivity index (χ0) is 18.4. The lowest BCUT2D eigenvalue weighted by atomic mass is 9.90. The van der Waals surface area contributed by atoms with Crippen LogP contribution in [0.5, 0.6) is 0 Å². The van der Waals surface area contributed by atoms with Gasteiger partial charge in [-0.3, -0.25) is 18.6 Å². The molecule has 0 saturated carbocycles. The number of fused-ring (bicyclic) bond motifs is 4. The number of carbonyl (C=O) groups is 1. The van der Waals surface area contributed by atoms with Gasteiger partial charge in [0.15, 0.2) is 5.78 Å². The van der Waals surface area contributed by atoms with E-state index < -0.39 is 0 Å². The number of carbonyl (C=O) groups excluding carboxylic acids is 1. The summed E-state index contributed by atoms with van der Waals surface area (Å²) < 4.78 is 3.38. The molecular formula is C22H19N3O2. The largest absolute Gasteiger partial charge is 0.292 e. The van der Waals surface area contributed by atoms with E-state index in [1.807, 2.05) is 34.7 Å². The van der Waals surface area contributed by atoms with Crippen molar-refractivity contribution >= 4 is 22.3 Å². The fraction of sp³-hybridized carbons (Fsp3) is 0.227. The predicted octanol–water partition coefficient (Wildman–Crippen LogP) is 3.41. The number of aryl methyl sites for hydroxylation is 2. The maximum Gasteiger partial charge on any atom is 0.262 e. The lowest BCUT2D eigenvalue weighted by molar-refractivity contribution is 0.0972. The molecule has 27 heavy (non-hydrogen) atoms. The molecule has 0 aliphatic heterocycles. The summed E-state index contributed by atoms with van der Waals surface area (Å²) in [6.07, 6.45) is 7.81. The molecule has 2 aromatic heterocycles. The number of imidazole rings is 1. The molecule has 4 aromatic rings. The van der Waals surface area contributed by atoms with E-state index in [1.54, 1.807) is 18.6 Å². The van der Waals surface area contributed by atoms with E-state index >= 15 is 0 Å². The summed E-state index contributed by atoms with van der Waals surface area (Å²) in [4.78, 5) is 30.2. The monoisotopic (exact) mass is 357 g/mol. The number of hydrogen-bond acceptors (Lipinski definition) is 3. The first kappa shape index (κ1) is 16.0. The summed E-state index contributed by atoms with van der Waals surface area (Å²) in [6.45, 7) is 0.0116. The molecule has 2 aromatic carbocycles. The summed E-state index contributed by atoms with van der Waals surface area (Å²) in [7, 11) is 0. The summed E-state index contributed by atoms with van der Waals surface area (Å²) in [6, 6.07) is 13.4. The Morgan fingerprint density at radius 2 is 1.85 bits per heavy atom. The van der Waals surface area contributed by atoms with Crippen molar-refractivity contribution in [1.82, 2.24) is 14.0 Å². The summed E-state index contributed by atoms with van der Waals surface area (Å²) >= 11 is 0. The molecule has 0 N–H and O–H groups in total. The minimum atomic E-state index is -0.162. The van der Waals surface area contributed by atoms with Gasteiger partial charge in [-0.25, -0.2) is 4.98 Å². The number of para-hydroxylation sites is 1. The van der Waals surface area contributed by atoms with Gasteiger partial charge in [-0.05, 0) is 55.0 Å². The minimum absolute atomic E-state index is 0.0116. The first-order chi connectivity index (χ1) is 13.2. The molecule has 0 atom stereocenters. The quantitative estimate of drug-likeness (QED) is 0.528. The molecule has 0 unspecified atom stereocenters. The number of ketones is 1. The summed E-state index contributed by atoms with van der Waals surface area (Å²) in [5, 5.41) is 0.584. The Kier molecular flexibility index (Phi) is 3.67. The summed E-state index contributed by atoms with van der Waals surface area (Å²) in [5.41, 5.74) is 4.56. The predicted molar refractivity (Wildman–Crippen MR) is 104 cm³/mol. The molecule has 5 heteroatoms. The van der Waals surface area contributed by atoms with Crippen LogP contribution in [0, 0.1) is 0 Å². The number of nitrogens with zero attached hydrogens (tertiary/aromatic N) is 3. The average Bonchev–Trinajstić information content (AvgIpc) is 3.20. The van der Waals surface area contributed by atoms with Crippen molar-refractivity contribution in [2.45, 2.75) is 32.2 Å². The Labute approximate surface area is 155 Å². The molecule has 0 amide bonds. The molecule has 5 rings (SSSR count). The zero-order valence-electron chi connectivity index (χ0n) is 14.9. The van der Waals surface area contributed by atoms with Gasteiger partial charge in [-0.1, -0.05) is 24.3 Å². The van der Waals surface area contributed by atoms with Crippen LogP contribution >= 0.6 is 0 Å². The molecule has 0 radical (unpaired) electrons. The Morgan fingerprint density at radius 1 is 1.04 bits per heavy atom. The Bertz CT molecular complexity index is 1250. The minimum Gasteiger partial charge on any atom is -0.292 e. The Hall–Kier alpha value is -3.21. The molecule has 2 heterocycles. The van der Waals surface area contributed by atoms with Crippen molar-refractivity contribution in [1.29, 1.82) is 0 Å². The van der Waals surface area contributed by atoms with E-state index in [1.165, 1.54) is 28.5 Å². The van der Waals surface area contributed by atoms with E-state index in [2.05, 4.69) is 11.1 Å². The van der Waals surface area contributed by atoms with Crippen molar-refractivity contribution < 1.29 is 4.79 Å². The van der Waals surface area contributed by atoms with Gasteiger partial charge in [0.05, 0.1) is 23.6 Å². The van der Waals surface area contributed by atoms with Crippen LogP contribution in [0.1, 0.15) is 34.3 Å². The number of hydrogen-bond donors (Lipinski definition) is 0. The van der Waals surface area contributed by atoms with Crippen LogP contribution < -0.4 is 5.56 Å². The number of aromatic nitrogens is 3. The highest BCUT2D eigenvalue weighted by Crippen LogP contribution is 2.23. The highest BCUT2D eigenvalue weighted by atomic mass is 16.1.